The van der Waals surface area contributed by atoms with E-state index in [4.69, 9.17) is 16.7 Å². The van der Waals surface area contributed by atoms with Crippen molar-refractivity contribution in [2.75, 3.05) is 45.3 Å². The van der Waals surface area contributed by atoms with Crippen LogP contribution in [-0.4, -0.2) is 78.6 Å². The largest absolute Gasteiger partial charge is 0.357 e. The molecule has 11 heteroatoms. The zero-order valence-corrected chi connectivity index (χ0v) is 41.4. The molecule has 1 saturated heterocycles. The molecule has 3 aromatic rings. The normalized spacial score (nSPS) is 19.6. The Morgan fingerprint density at radius 1 is 0.984 bits per heavy atom. The summed E-state index contributed by atoms with van der Waals surface area (Å²) in [5.74, 6) is 2.51. The lowest BCUT2D eigenvalue weighted by molar-refractivity contribution is -0.112. The number of nitrogens with zero attached hydrogens (tertiary/aromatic N) is 5. The van der Waals surface area contributed by atoms with E-state index < -0.39 is 0 Å². The Morgan fingerprint density at radius 2 is 1.63 bits per heavy atom. The fourth-order valence-corrected chi connectivity index (χ4v) is 9.44. The molecule has 3 heterocycles. The highest BCUT2D eigenvalue weighted by atomic mass is 35.5. The second kappa shape index (κ2) is 27.4. The number of alkyl halides is 1. The zero-order valence-electron chi connectivity index (χ0n) is 39.4. The van der Waals surface area contributed by atoms with Gasteiger partial charge in [-0.25, -0.2) is 4.39 Å². The Bertz CT molecular complexity index is 2100. The average Bonchev–Trinajstić information content (AvgIpc) is 4.00. The molecule has 0 spiro atoms. The van der Waals surface area contributed by atoms with Crippen molar-refractivity contribution in [1.29, 1.82) is 0 Å². The number of rotatable bonds is 13. The molecule has 0 bridgehead atoms. The molecule has 0 N–H and O–H groups in total. The van der Waals surface area contributed by atoms with Crippen molar-refractivity contribution in [1.82, 2.24) is 19.6 Å². The van der Waals surface area contributed by atoms with E-state index >= 15 is 4.39 Å². The molecule has 2 atom stereocenters. The maximum atomic E-state index is 15.5. The van der Waals surface area contributed by atoms with E-state index in [1.807, 2.05) is 70.6 Å². The zero-order chi connectivity index (χ0) is 46.6. The predicted molar refractivity (Wildman–Crippen MR) is 268 cm³/mol. The summed E-state index contributed by atoms with van der Waals surface area (Å²) in [4.78, 5) is 29.7. The molecule has 2 saturated carbocycles. The van der Waals surface area contributed by atoms with Crippen LogP contribution in [0.1, 0.15) is 126 Å². The number of hydrogen-bond acceptors (Lipinski definition) is 6. The molecule has 1 aromatic heterocycles. The van der Waals surface area contributed by atoms with Gasteiger partial charge in [-0.1, -0.05) is 76.2 Å². The summed E-state index contributed by atoms with van der Waals surface area (Å²) in [7, 11) is 7.42. The quantitative estimate of drug-likeness (QED) is 0.0968. The van der Waals surface area contributed by atoms with Gasteiger partial charge in [0.1, 0.15) is 18.4 Å². The molecule has 2 aliphatic heterocycles. The molecular formula is C52H75ClF2N5O2P. The van der Waals surface area contributed by atoms with Crippen LogP contribution in [0.15, 0.2) is 54.6 Å². The van der Waals surface area contributed by atoms with Gasteiger partial charge in [-0.05, 0) is 136 Å². The van der Waals surface area contributed by atoms with E-state index in [0.29, 0.717) is 49.0 Å². The Labute approximate surface area is 385 Å². The summed E-state index contributed by atoms with van der Waals surface area (Å²) < 4.78 is 26.9. The monoisotopic (exact) mass is 906 g/mol. The third-order valence-electron chi connectivity index (χ3n) is 12.3. The van der Waals surface area contributed by atoms with Crippen molar-refractivity contribution in [3.05, 3.63) is 98.8 Å². The number of hydrogen-bond donors (Lipinski definition) is 0. The predicted octanol–water partition coefficient (Wildman–Crippen LogP) is 10.1. The number of aldehydes is 2. The molecule has 7 rings (SSSR count). The Kier molecular flexibility index (Phi) is 23.3. The Morgan fingerprint density at radius 3 is 2.21 bits per heavy atom. The summed E-state index contributed by atoms with van der Waals surface area (Å²) in [6, 6.07) is 9.42. The minimum absolute atomic E-state index is 0.264. The number of fused-ring (bicyclic) bond motifs is 1. The van der Waals surface area contributed by atoms with Crippen molar-refractivity contribution in [3.63, 3.8) is 0 Å². The van der Waals surface area contributed by atoms with Gasteiger partial charge in [-0.15, -0.1) is 15.8 Å². The number of aromatic nitrogens is 2. The smallest absolute Gasteiger partial charge is 0.158 e. The Balaban J connectivity index is 0.000000783. The fraction of sp³-hybridized carbons (Fsp3) is 0.519. The third-order valence-corrected chi connectivity index (χ3v) is 12.9. The molecule has 2 aromatic carbocycles. The molecule has 2 aliphatic carbocycles. The van der Waals surface area contributed by atoms with Crippen LogP contribution in [0.5, 0.6) is 0 Å². The fourth-order valence-electron chi connectivity index (χ4n) is 8.88. The van der Waals surface area contributed by atoms with E-state index in [2.05, 4.69) is 56.3 Å². The minimum Gasteiger partial charge on any atom is -0.357 e. The van der Waals surface area contributed by atoms with Gasteiger partial charge in [0.25, 0.3) is 0 Å². The minimum atomic E-state index is -0.359. The molecule has 0 amide bonds. The van der Waals surface area contributed by atoms with Gasteiger partial charge in [0, 0.05) is 73.3 Å². The summed E-state index contributed by atoms with van der Waals surface area (Å²) in [5, 5.41) is 8.38. The van der Waals surface area contributed by atoms with Gasteiger partial charge in [-0.2, -0.15) is 5.10 Å². The first-order valence-corrected chi connectivity index (χ1v) is 24.1. The molecule has 63 heavy (non-hydrogen) atoms. The second-order valence-electron chi connectivity index (χ2n) is 16.4. The van der Waals surface area contributed by atoms with E-state index in [9.17, 15) is 14.0 Å². The van der Waals surface area contributed by atoms with E-state index in [0.717, 1.165) is 115 Å². The molecule has 346 valence electrons. The van der Waals surface area contributed by atoms with Gasteiger partial charge in [0.05, 0.1) is 18.6 Å². The van der Waals surface area contributed by atoms with Crippen LogP contribution in [0.25, 0.3) is 23.9 Å². The molecule has 4 aliphatic rings. The molecule has 7 nitrogen and oxygen atoms in total. The highest BCUT2D eigenvalue weighted by molar-refractivity contribution is 7.27. The van der Waals surface area contributed by atoms with E-state index in [-0.39, 0.29) is 11.9 Å². The van der Waals surface area contributed by atoms with Crippen LogP contribution in [0.2, 0.25) is 0 Å². The maximum Gasteiger partial charge on any atom is 0.158 e. The number of anilines is 1. The number of benzene rings is 2. The number of halogens is 3. The number of piperazine rings is 1. The number of aryl methyl sites for hydroxylation is 1. The highest BCUT2D eigenvalue weighted by Crippen LogP contribution is 2.44. The molecule has 0 radical (unpaired) electrons. The Hall–Kier alpha value is -3.91. The topological polar surface area (TPSA) is 61.7 Å². The van der Waals surface area contributed by atoms with Crippen LogP contribution in [0.4, 0.5) is 14.6 Å². The summed E-state index contributed by atoms with van der Waals surface area (Å²) >= 11 is 6.94. The summed E-state index contributed by atoms with van der Waals surface area (Å²) in [6.45, 7) is 22.3. The van der Waals surface area contributed by atoms with Crippen molar-refractivity contribution >= 4 is 68.5 Å². The van der Waals surface area contributed by atoms with E-state index in [1.54, 1.807) is 12.1 Å². The SMILES string of the molecule is C=C1c2cc(P)cc(C3CCC(Cc4cccc(F)c4/C=C(Cl)/C=c4/c(N5CCN(C)CC5)nn(C)/c4=C/C)CC3)c2CN1C(C=O)CCC=O.C=CCC1CC1.CC.CC.CF. The molecule has 2 unspecified atom stereocenters. The van der Waals surface area contributed by atoms with Crippen molar-refractivity contribution in [2.45, 2.75) is 117 Å². The first-order valence-electron chi connectivity index (χ1n) is 23.1. The van der Waals surface area contributed by atoms with Crippen molar-refractivity contribution < 1.29 is 18.4 Å². The standard InChI is InChI=1S/C41H50ClFN5O2P.C6H10.2C2H6.CH3F/c1-5-40-37(41(44-46(40)4)47-17-15-45(3)16-18-47)22-31(42)21-36-30(8-6-10-39(36)43)20-28-11-13-29(14-12-28)35-24-33(51)23-34-27(2)48(25-38(34)35)32(26-50)9-7-19-49;1-2-3-6-4-5-6;3*1-2/h5-6,8,10,19,21-24,26,28-29,32H,2,7,9,11-18,20,25,51H2,1,3-4H3;2,6H,1,3-5H2;2*1-2H3;1H3/b31-21-,37-22+,40-5+;;;;. The highest BCUT2D eigenvalue weighted by Gasteiger charge is 2.33. The lowest BCUT2D eigenvalue weighted by Gasteiger charge is -2.32. The number of likely N-dealkylation sites (N-methyl/N-ethyl adjacent to an activating group) is 1. The van der Waals surface area contributed by atoms with Crippen LogP contribution in [0, 0.1) is 17.7 Å². The third kappa shape index (κ3) is 14.5. The molecule has 3 fully saturated rings. The lowest BCUT2D eigenvalue weighted by Crippen LogP contribution is -2.46. The van der Waals surface area contributed by atoms with Gasteiger partial charge in [0.2, 0.25) is 0 Å². The number of allylic oxidation sites excluding steroid dienone is 2. The first-order chi connectivity index (χ1) is 30.5. The second-order valence-corrected chi connectivity index (χ2v) is 17.5. The van der Waals surface area contributed by atoms with Crippen molar-refractivity contribution in [2.24, 2.45) is 18.9 Å². The lowest BCUT2D eigenvalue weighted by atomic mass is 9.75. The van der Waals surface area contributed by atoms with Gasteiger partial charge in [-0.3, -0.25) is 9.07 Å². The number of carbonyl (C=O) groups excluding carboxylic acids is 2. The van der Waals surface area contributed by atoms with Crippen molar-refractivity contribution in [3.8, 4) is 0 Å². The van der Waals surface area contributed by atoms with Crippen LogP contribution >= 0.6 is 20.8 Å². The van der Waals surface area contributed by atoms with Gasteiger partial charge < -0.3 is 24.3 Å². The van der Waals surface area contributed by atoms with E-state index in [1.165, 1.54) is 36.5 Å². The van der Waals surface area contributed by atoms with Crippen LogP contribution < -0.4 is 20.8 Å². The average molecular weight is 907 g/mol. The van der Waals surface area contributed by atoms with Crippen LogP contribution in [0.3, 0.4) is 0 Å². The first kappa shape index (κ1) is 53.4. The van der Waals surface area contributed by atoms with Gasteiger partial charge in [0.15, 0.2) is 5.82 Å². The van der Waals surface area contributed by atoms with Gasteiger partial charge >= 0.3 is 0 Å². The van der Waals surface area contributed by atoms with Crippen LogP contribution in [-0.2, 0) is 29.6 Å². The number of carbonyl (C=O) groups is 2. The molecular weight excluding hydrogens is 831 g/mol. The summed E-state index contributed by atoms with van der Waals surface area (Å²) in [6.07, 6.45) is 19.5. The maximum absolute atomic E-state index is 15.5. The summed E-state index contributed by atoms with van der Waals surface area (Å²) in [5.41, 5.74) is 6.09.